The largest absolute Gasteiger partial charge is 0.0620 e. The van der Waals surface area contributed by atoms with E-state index in [0.29, 0.717) is 35.5 Å². The Morgan fingerprint density at radius 3 is 0.974 bits per heavy atom. The van der Waals surface area contributed by atoms with Crippen molar-refractivity contribution >= 4 is 0 Å². The van der Waals surface area contributed by atoms with Crippen LogP contribution < -0.4 is 0 Å². The van der Waals surface area contributed by atoms with Crippen LogP contribution in [0.1, 0.15) is 93.9 Å². The summed E-state index contributed by atoms with van der Waals surface area (Å²) in [5.41, 5.74) is 16.7. The molecule has 4 bridgehead atoms. The number of allylic oxidation sites excluding steroid dienone is 2. The van der Waals surface area contributed by atoms with Crippen molar-refractivity contribution in [2.24, 2.45) is 23.7 Å². The summed E-state index contributed by atoms with van der Waals surface area (Å²) in [6, 6.07) is 38.2. The molecule has 8 aliphatic carbocycles. The van der Waals surface area contributed by atoms with Gasteiger partial charge < -0.3 is 0 Å². The van der Waals surface area contributed by atoms with Gasteiger partial charge in [0, 0.05) is 23.7 Å². The summed E-state index contributed by atoms with van der Waals surface area (Å²) in [6.07, 6.45) is 5.65. The second-order valence-corrected chi connectivity index (χ2v) is 12.9. The monoisotopic (exact) mass is 488 g/mol. The lowest BCUT2D eigenvalue weighted by atomic mass is 9.41. The van der Waals surface area contributed by atoms with E-state index in [2.05, 4.69) is 97.1 Å². The van der Waals surface area contributed by atoms with Crippen LogP contribution in [0.3, 0.4) is 0 Å². The Morgan fingerprint density at radius 2 is 0.658 bits per heavy atom. The van der Waals surface area contributed by atoms with E-state index < -0.39 is 0 Å². The molecule has 0 heteroatoms. The maximum atomic E-state index is 2.48. The van der Waals surface area contributed by atoms with E-state index in [0.717, 1.165) is 11.8 Å². The molecule has 0 N–H and O–H groups in total. The summed E-state index contributed by atoms with van der Waals surface area (Å²) in [4.78, 5) is 0. The zero-order chi connectivity index (χ0) is 24.5. The Balaban J connectivity index is 1.36. The Hall–Kier alpha value is -3.38. The molecule has 38 heavy (non-hydrogen) atoms. The van der Waals surface area contributed by atoms with Gasteiger partial charge in [-0.15, -0.1) is 0 Å². The molecule has 0 aromatic heterocycles. The van der Waals surface area contributed by atoms with Crippen molar-refractivity contribution in [1.29, 1.82) is 0 Å². The minimum absolute atomic E-state index is 0.427. The molecule has 0 nitrogen and oxygen atoms in total. The number of hydrogen-bond donors (Lipinski definition) is 0. The summed E-state index contributed by atoms with van der Waals surface area (Å²) in [5, 5.41) is 0. The highest BCUT2D eigenvalue weighted by atomic mass is 14.6. The third-order valence-corrected chi connectivity index (χ3v) is 11.8. The average Bonchev–Trinajstić information content (AvgIpc) is 3.00. The zero-order valence-corrected chi connectivity index (χ0v) is 21.7. The van der Waals surface area contributed by atoms with Crippen molar-refractivity contribution in [3.63, 3.8) is 0 Å². The third kappa shape index (κ3) is 2.28. The minimum atomic E-state index is 0.427. The van der Waals surface area contributed by atoms with E-state index in [-0.39, 0.29) is 0 Å². The molecule has 12 rings (SSSR count). The van der Waals surface area contributed by atoms with Crippen LogP contribution in [0.2, 0.25) is 0 Å². The molecular weight excluding hydrogens is 456 g/mol. The predicted molar refractivity (Wildman–Crippen MR) is 153 cm³/mol. The minimum Gasteiger partial charge on any atom is -0.0620 e. The van der Waals surface area contributed by atoms with Crippen LogP contribution in [0, 0.1) is 23.7 Å². The Kier molecular flexibility index (Phi) is 3.88. The molecule has 0 amide bonds. The Morgan fingerprint density at radius 1 is 0.368 bits per heavy atom. The van der Waals surface area contributed by atoms with Gasteiger partial charge >= 0.3 is 0 Å². The van der Waals surface area contributed by atoms with Crippen LogP contribution in [-0.2, 0) is 0 Å². The third-order valence-electron chi connectivity index (χ3n) is 11.8. The van der Waals surface area contributed by atoms with Crippen molar-refractivity contribution in [3.05, 3.63) is 153 Å². The molecule has 184 valence electrons. The second-order valence-electron chi connectivity index (χ2n) is 12.9. The molecule has 1 saturated carbocycles. The van der Waals surface area contributed by atoms with Gasteiger partial charge in [0.15, 0.2) is 0 Å². The van der Waals surface area contributed by atoms with E-state index in [1.165, 1.54) is 25.7 Å². The molecule has 0 saturated heterocycles. The second kappa shape index (κ2) is 7.17. The summed E-state index contributed by atoms with van der Waals surface area (Å²) in [7, 11) is 0. The van der Waals surface area contributed by atoms with Gasteiger partial charge in [0.2, 0.25) is 0 Å². The maximum absolute atomic E-state index is 2.48. The van der Waals surface area contributed by atoms with E-state index in [4.69, 9.17) is 0 Å². The van der Waals surface area contributed by atoms with E-state index in [1.807, 2.05) is 11.1 Å². The standard InChI is InChI=1S/C38H32/c1-5-15-25-21(11-1)31-22-12-2-6-16-26(22)33(25)37-35(31)29-19-9-10-20-30(29)36-32-23-13-3-7-17-27(23)34(38(36)37)28-18-8-4-14-24(28)32/h1-8,11-18,29-36H,9-10,19-20H2/t29-,30+,31?,32?,33?,34?,35-,36-/m0/s1. The fourth-order valence-electron chi connectivity index (χ4n) is 10.8. The fraction of sp³-hybridized carbons (Fsp3) is 0.316. The van der Waals surface area contributed by atoms with Crippen molar-refractivity contribution in [2.75, 3.05) is 0 Å². The van der Waals surface area contributed by atoms with Gasteiger partial charge in [-0.2, -0.15) is 0 Å². The van der Waals surface area contributed by atoms with Crippen LogP contribution in [0.5, 0.6) is 0 Å². The van der Waals surface area contributed by atoms with Crippen molar-refractivity contribution in [2.45, 2.75) is 49.4 Å². The Bertz CT molecular complexity index is 1470. The number of hydrogen-bond acceptors (Lipinski definition) is 0. The lowest BCUT2D eigenvalue weighted by Gasteiger charge is -2.62. The quantitative estimate of drug-likeness (QED) is 0.217. The number of rotatable bonds is 0. The van der Waals surface area contributed by atoms with E-state index in [9.17, 15) is 0 Å². The average molecular weight is 489 g/mol. The van der Waals surface area contributed by atoms with Crippen LogP contribution in [-0.4, -0.2) is 0 Å². The summed E-state index contributed by atoms with van der Waals surface area (Å²) < 4.78 is 0. The van der Waals surface area contributed by atoms with Crippen LogP contribution in [0.25, 0.3) is 0 Å². The molecule has 4 aromatic rings. The highest BCUT2D eigenvalue weighted by molar-refractivity contribution is 5.70. The van der Waals surface area contributed by atoms with Gasteiger partial charge in [-0.3, -0.25) is 0 Å². The smallest absolute Gasteiger partial charge is 0.0311 e. The predicted octanol–water partition coefficient (Wildman–Crippen LogP) is 8.92. The van der Waals surface area contributed by atoms with Gasteiger partial charge in [0.1, 0.15) is 0 Å². The fourth-order valence-corrected chi connectivity index (χ4v) is 10.8. The zero-order valence-electron chi connectivity index (χ0n) is 21.7. The summed E-state index contributed by atoms with van der Waals surface area (Å²) in [5.74, 6) is 4.84. The normalized spacial score (nSPS) is 34.3. The molecule has 8 aliphatic rings. The molecule has 1 fully saturated rings. The molecule has 4 atom stereocenters. The first-order valence-electron chi connectivity index (χ1n) is 15.0. The van der Waals surface area contributed by atoms with Gasteiger partial charge in [0.25, 0.3) is 0 Å². The van der Waals surface area contributed by atoms with Gasteiger partial charge in [0.05, 0.1) is 0 Å². The highest BCUT2D eigenvalue weighted by Gasteiger charge is 2.61. The lowest BCUT2D eigenvalue weighted by molar-refractivity contribution is 0.0815. The first-order chi connectivity index (χ1) is 18.9. The molecule has 4 aromatic carbocycles. The van der Waals surface area contributed by atoms with Crippen molar-refractivity contribution < 1.29 is 0 Å². The first kappa shape index (κ1) is 20.6. The Labute approximate surface area is 225 Å². The van der Waals surface area contributed by atoms with Crippen molar-refractivity contribution in [1.82, 2.24) is 0 Å². The maximum Gasteiger partial charge on any atom is 0.0311 e. The highest BCUT2D eigenvalue weighted by Crippen LogP contribution is 2.72. The molecule has 0 heterocycles. The number of benzene rings is 4. The van der Waals surface area contributed by atoms with Crippen LogP contribution in [0.15, 0.2) is 108 Å². The van der Waals surface area contributed by atoms with Gasteiger partial charge in [-0.1, -0.05) is 121 Å². The van der Waals surface area contributed by atoms with Crippen molar-refractivity contribution in [3.8, 4) is 0 Å². The van der Waals surface area contributed by atoms with E-state index >= 15 is 0 Å². The SMILES string of the molecule is c1ccc2c(c1)C1C3=C4C5c6ccccc6C(c6ccccc65)[C@@H]4[C@H]4CCCC[C@H]4[C@H]3C2c2ccccc21. The van der Waals surface area contributed by atoms with Gasteiger partial charge in [-0.25, -0.2) is 0 Å². The van der Waals surface area contributed by atoms with Gasteiger partial charge in [-0.05, 0) is 81.0 Å². The topological polar surface area (TPSA) is 0 Å². The molecule has 0 spiro atoms. The first-order valence-corrected chi connectivity index (χ1v) is 15.0. The van der Waals surface area contributed by atoms with Crippen LogP contribution >= 0.6 is 0 Å². The van der Waals surface area contributed by atoms with Crippen LogP contribution in [0.4, 0.5) is 0 Å². The molecular formula is C38H32. The summed E-state index contributed by atoms with van der Waals surface area (Å²) in [6.45, 7) is 0. The molecule has 0 unspecified atom stereocenters. The lowest BCUT2D eigenvalue weighted by Crippen LogP contribution is -2.52. The molecule has 0 aliphatic heterocycles. The molecule has 0 radical (unpaired) electrons. The van der Waals surface area contributed by atoms with E-state index in [1.54, 1.807) is 44.5 Å². The number of fused-ring (bicyclic) bond motifs is 1. The summed E-state index contributed by atoms with van der Waals surface area (Å²) >= 11 is 0.